The Bertz CT molecular complexity index is 1040. The number of carbonyl (C=O) groups excluding carboxylic acids is 1. The minimum atomic E-state index is -2.92. The number of rotatable bonds is 6. The van der Waals surface area contributed by atoms with Gasteiger partial charge in [-0.2, -0.15) is 0 Å². The van der Waals surface area contributed by atoms with Gasteiger partial charge >= 0.3 is 0 Å². The summed E-state index contributed by atoms with van der Waals surface area (Å²) in [6, 6.07) is 14.1. The van der Waals surface area contributed by atoms with Gasteiger partial charge in [-0.05, 0) is 63.4 Å². The molecular weight excluding hydrogens is 446 g/mol. The Morgan fingerprint density at radius 2 is 1.71 bits per heavy atom. The normalized spacial score (nSPS) is 15.0. The Balaban J connectivity index is 0.000000250. The van der Waals surface area contributed by atoms with E-state index in [4.69, 9.17) is 0 Å². The molecule has 1 saturated heterocycles. The maximum Gasteiger partial charge on any atom is 0.283 e. The van der Waals surface area contributed by atoms with Gasteiger partial charge in [-0.3, -0.25) is 9.79 Å². The molecule has 3 rings (SSSR count). The molecule has 0 N–H and O–H groups in total. The van der Waals surface area contributed by atoms with Crippen molar-refractivity contribution in [3.05, 3.63) is 64.7 Å². The Hall–Kier alpha value is -3.09. The number of amides is 1. The fraction of sp³-hybridized carbons (Fsp3) is 0.464. The van der Waals surface area contributed by atoms with Gasteiger partial charge in [-0.15, -0.1) is 0 Å². The number of amidine groups is 1. The fourth-order valence-corrected chi connectivity index (χ4v) is 3.46. The summed E-state index contributed by atoms with van der Waals surface area (Å²) in [4.78, 5) is 23.1. The number of anilines is 1. The van der Waals surface area contributed by atoms with Crippen LogP contribution in [0.3, 0.4) is 0 Å². The van der Waals surface area contributed by atoms with Gasteiger partial charge in [0.15, 0.2) is 5.84 Å². The number of nitrogens with zero attached hydrogens (tertiary/aromatic N) is 4. The van der Waals surface area contributed by atoms with Gasteiger partial charge in [-0.25, -0.2) is 13.8 Å². The molecule has 190 valence electrons. The molecule has 0 atom stereocenters. The third-order valence-corrected chi connectivity index (χ3v) is 5.99. The van der Waals surface area contributed by atoms with Crippen molar-refractivity contribution in [1.29, 1.82) is 0 Å². The first-order valence-electron chi connectivity index (χ1n) is 12.1. The number of benzene rings is 2. The van der Waals surface area contributed by atoms with Crippen LogP contribution in [0.4, 0.5) is 14.5 Å². The summed E-state index contributed by atoms with van der Waals surface area (Å²) in [6.45, 7) is 14.5. The molecule has 0 unspecified atom stereocenters. The third-order valence-electron chi connectivity index (χ3n) is 5.99. The van der Waals surface area contributed by atoms with Crippen molar-refractivity contribution >= 4 is 23.6 Å². The van der Waals surface area contributed by atoms with E-state index < -0.39 is 5.92 Å². The first-order chi connectivity index (χ1) is 16.5. The molecule has 1 aliphatic rings. The largest absolute Gasteiger partial charge is 0.368 e. The quantitative estimate of drug-likeness (QED) is 0.293. The van der Waals surface area contributed by atoms with E-state index in [9.17, 15) is 13.6 Å². The summed E-state index contributed by atoms with van der Waals surface area (Å²) in [5.74, 6) is -2.54. The lowest BCUT2D eigenvalue weighted by atomic mass is 10.1. The molecule has 7 heteroatoms. The molecule has 0 bridgehead atoms. The molecule has 2 aromatic rings. The first-order valence-corrected chi connectivity index (χ1v) is 12.1. The van der Waals surface area contributed by atoms with E-state index in [1.807, 2.05) is 43.0 Å². The van der Waals surface area contributed by atoms with E-state index in [0.717, 1.165) is 57.1 Å². The number of alkyl halides is 2. The maximum atomic E-state index is 13.2. The highest BCUT2D eigenvalue weighted by molar-refractivity contribution is 6.08. The van der Waals surface area contributed by atoms with Crippen LogP contribution < -0.4 is 4.90 Å². The fourth-order valence-electron chi connectivity index (χ4n) is 3.46. The van der Waals surface area contributed by atoms with Crippen molar-refractivity contribution in [2.45, 2.75) is 53.9 Å². The molecular formula is C28H38F2N4O. The minimum Gasteiger partial charge on any atom is -0.368 e. The number of hydrogen-bond donors (Lipinski definition) is 0. The van der Waals surface area contributed by atoms with Crippen LogP contribution in [-0.2, 0) is 4.79 Å². The number of hydrogen-bond acceptors (Lipinski definition) is 3. The molecule has 35 heavy (non-hydrogen) atoms. The highest BCUT2D eigenvalue weighted by Gasteiger charge is 2.26. The molecule has 1 heterocycles. The topological polar surface area (TPSA) is 48.3 Å². The SMILES string of the molecule is CCCN=C(N=C(C)C(C)(F)F)c1cccc(C)c1.Cc1ccc(N2CCN(C=O)CC2)cc1C. The lowest BCUT2D eigenvalue weighted by molar-refractivity contribution is -0.118. The average molecular weight is 485 g/mol. The van der Waals surface area contributed by atoms with Gasteiger partial charge in [0, 0.05) is 50.9 Å². The number of aliphatic imine (C=N–C) groups is 2. The molecule has 2 aromatic carbocycles. The predicted molar refractivity (Wildman–Crippen MR) is 142 cm³/mol. The Labute approximate surface area is 208 Å². The van der Waals surface area contributed by atoms with E-state index in [2.05, 4.69) is 46.9 Å². The van der Waals surface area contributed by atoms with Crippen molar-refractivity contribution < 1.29 is 13.6 Å². The molecule has 1 amide bonds. The van der Waals surface area contributed by atoms with Crippen molar-refractivity contribution in [3.8, 4) is 0 Å². The molecule has 0 saturated carbocycles. The van der Waals surface area contributed by atoms with Gasteiger partial charge in [0.2, 0.25) is 6.41 Å². The Morgan fingerprint density at radius 1 is 1.03 bits per heavy atom. The lowest BCUT2D eigenvalue weighted by Gasteiger charge is -2.34. The van der Waals surface area contributed by atoms with E-state index in [0.29, 0.717) is 12.4 Å². The summed E-state index contributed by atoms with van der Waals surface area (Å²) < 4.78 is 26.4. The highest BCUT2D eigenvalue weighted by atomic mass is 19.3. The monoisotopic (exact) mass is 484 g/mol. The average Bonchev–Trinajstić information content (AvgIpc) is 2.83. The smallest absolute Gasteiger partial charge is 0.283 e. The van der Waals surface area contributed by atoms with Crippen LogP contribution in [-0.4, -0.2) is 61.5 Å². The second kappa shape index (κ2) is 13.1. The Morgan fingerprint density at radius 3 is 2.26 bits per heavy atom. The van der Waals surface area contributed by atoms with Gasteiger partial charge < -0.3 is 9.80 Å². The third kappa shape index (κ3) is 8.89. The van der Waals surface area contributed by atoms with Crippen LogP contribution in [0.5, 0.6) is 0 Å². The van der Waals surface area contributed by atoms with Crippen LogP contribution >= 0.6 is 0 Å². The first kappa shape index (κ1) is 28.1. The van der Waals surface area contributed by atoms with Gasteiger partial charge in [0.05, 0.1) is 5.71 Å². The predicted octanol–water partition coefficient (Wildman–Crippen LogP) is 5.85. The summed E-state index contributed by atoms with van der Waals surface area (Å²) in [6.07, 6.45) is 1.80. The van der Waals surface area contributed by atoms with Crippen molar-refractivity contribution in [2.24, 2.45) is 9.98 Å². The zero-order valence-corrected chi connectivity index (χ0v) is 21.8. The minimum absolute atomic E-state index is 0.219. The molecule has 1 fully saturated rings. The summed E-state index contributed by atoms with van der Waals surface area (Å²) in [5, 5.41) is 0. The molecule has 0 aliphatic carbocycles. The highest BCUT2D eigenvalue weighted by Crippen LogP contribution is 2.20. The number of aryl methyl sites for hydroxylation is 3. The number of piperazine rings is 1. The van der Waals surface area contributed by atoms with E-state index in [1.54, 1.807) is 0 Å². The van der Waals surface area contributed by atoms with E-state index >= 15 is 0 Å². The van der Waals surface area contributed by atoms with Crippen molar-refractivity contribution in [1.82, 2.24) is 4.90 Å². The Kier molecular flexibility index (Phi) is 10.6. The molecule has 0 aromatic heterocycles. The van der Waals surface area contributed by atoms with Gasteiger partial charge in [0.1, 0.15) is 0 Å². The second-order valence-corrected chi connectivity index (χ2v) is 9.06. The van der Waals surface area contributed by atoms with Crippen molar-refractivity contribution in [3.63, 3.8) is 0 Å². The number of carbonyl (C=O) groups is 1. The summed E-state index contributed by atoms with van der Waals surface area (Å²) in [5.41, 5.74) is 5.54. The molecule has 0 radical (unpaired) electrons. The van der Waals surface area contributed by atoms with E-state index in [1.165, 1.54) is 23.7 Å². The number of halogens is 2. The molecule has 5 nitrogen and oxygen atoms in total. The standard InChI is InChI=1S/C15H20F2N2.C13H18N2O/c1-5-9-18-14(19-12(3)15(4,16)17)13-8-6-7-11(2)10-13;1-11-3-4-13(9-12(11)2)15-7-5-14(10-16)6-8-15/h6-8,10H,5,9H2,1-4H3;3-4,9-10H,5-8H2,1-2H3. The van der Waals surface area contributed by atoms with Gasteiger partial charge in [-0.1, -0.05) is 36.8 Å². The maximum absolute atomic E-state index is 13.2. The van der Waals surface area contributed by atoms with Crippen LogP contribution in [0, 0.1) is 20.8 Å². The zero-order valence-electron chi connectivity index (χ0n) is 21.8. The van der Waals surface area contributed by atoms with Crippen molar-refractivity contribution in [2.75, 3.05) is 37.6 Å². The summed E-state index contributed by atoms with van der Waals surface area (Å²) in [7, 11) is 0. The second-order valence-electron chi connectivity index (χ2n) is 9.06. The van der Waals surface area contributed by atoms with Crippen LogP contribution in [0.2, 0.25) is 0 Å². The summed E-state index contributed by atoms with van der Waals surface area (Å²) >= 11 is 0. The molecule has 0 spiro atoms. The van der Waals surface area contributed by atoms with Gasteiger partial charge in [0.25, 0.3) is 5.92 Å². The van der Waals surface area contributed by atoms with E-state index in [-0.39, 0.29) is 5.71 Å². The molecule has 1 aliphatic heterocycles. The van der Waals surface area contributed by atoms with Crippen LogP contribution in [0.15, 0.2) is 52.4 Å². The lowest BCUT2D eigenvalue weighted by Crippen LogP contribution is -2.45. The zero-order chi connectivity index (χ0) is 26.0. The van der Waals surface area contributed by atoms with Crippen LogP contribution in [0.25, 0.3) is 0 Å². The van der Waals surface area contributed by atoms with Crippen LogP contribution in [0.1, 0.15) is 49.4 Å².